The van der Waals surface area contributed by atoms with Gasteiger partial charge in [-0.05, 0) is 25.2 Å². The van der Waals surface area contributed by atoms with Gasteiger partial charge in [0.1, 0.15) is 11.5 Å². The van der Waals surface area contributed by atoms with Gasteiger partial charge in [-0.1, -0.05) is 64.5 Å². The van der Waals surface area contributed by atoms with Gasteiger partial charge in [0.05, 0.1) is 0 Å². The van der Waals surface area contributed by atoms with E-state index in [1.807, 2.05) is 26.8 Å². The number of allylic oxidation sites excluding steroid dienone is 1. The highest BCUT2D eigenvalue weighted by Gasteiger charge is 2.52. The fourth-order valence-corrected chi connectivity index (χ4v) is 3.17. The molecule has 0 aliphatic carbocycles. The number of hydrogen-bond donors (Lipinski definition) is 1. The maximum Gasteiger partial charge on any atom is 0.226 e. The summed E-state index contributed by atoms with van der Waals surface area (Å²) in [7, 11) is 0. The van der Waals surface area contributed by atoms with Crippen LogP contribution in [0.15, 0.2) is 12.2 Å². The lowest BCUT2D eigenvalue weighted by molar-refractivity contribution is -0.147. The lowest BCUT2D eigenvalue weighted by atomic mass is 9.96. The summed E-state index contributed by atoms with van der Waals surface area (Å²) >= 11 is 1.20. The molecule has 1 saturated heterocycles. The number of aliphatic hydroxyl groups is 1. The molecule has 0 aromatic carbocycles. The zero-order valence-electron chi connectivity index (χ0n) is 13.3. The molecule has 0 radical (unpaired) electrons. The van der Waals surface area contributed by atoms with Gasteiger partial charge in [-0.15, -0.1) is 0 Å². The number of rotatable bonds is 6. The van der Waals surface area contributed by atoms with Crippen molar-refractivity contribution in [2.45, 2.75) is 77.4 Å². The van der Waals surface area contributed by atoms with Crippen LogP contribution in [0.5, 0.6) is 0 Å². The van der Waals surface area contributed by atoms with Crippen molar-refractivity contribution in [3.8, 4) is 0 Å². The molecule has 20 heavy (non-hydrogen) atoms. The number of thioether (sulfide) groups is 1. The Morgan fingerprint density at radius 3 is 2.60 bits per heavy atom. The topological polar surface area (TPSA) is 46.5 Å². The van der Waals surface area contributed by atoms with E-state index in [0.717, 1.165) is 12.8 Å². The predicted octanol–water partition coefficient (Wildman–Crippen LogP) is 3.90. The number of hydrogen-bond acceptors (Lipinski definition) is 4. The average Bonchev–Trinajstić information content (AvgIpc) is 2.66. The van der Waals surface area contributed by atoms with E-state index in [9.17, 15) is 9.90 Å². The molecule has 0 saturated carbocycles. The van der Waals surface area contributed by atoms with Gasteiger partial charge in [-0.25, -0.2) is 0 Å². The summed E-state index contributed by atoms with van der Waals surface area (Å²) in [6.07, 6.45) is 7.21. The Kier molecular flexibility index (Phi) is 6.29. The molecule has 116 valence electrons. The van der Waals surface area contributed by atoms with E-state index in [1.165, 1.54) is 24.6 Å². The zero-order valence-corrected chi connectivity index (χ0v) is 14.1. The van der Waals surface area contributed by atoms with Crippen LogP contribution >= 0.6 is 11.8 Å². The second kappa shape index (κ2) is 7.10. The van der Waals surface area contributed by atoms with Crippen LogP contribution in [0.25, 0.3) is 0 Å². The largest absolute Gasteiger partial charge is 0.385 e. The van der Waals surface area contributed by atoms with E-state index in [4.69, 9.17) is 4.74 Å². The van der Waals surface area contributed by atoms with Gasteiger partial charge in [0.25, 0.3) is 0 Å². The molecule has 3 unspecified atom stereocenters. The molecule has 0 amide bonds. The Labute approximate surface area is 127 Å². The van der Waals surface area contributed by atoms with E-state index in [0.29, 0.717) is 0 Å². The van der Waals surface area contributed by atoms with Crippen molar-refractivity contribution in [1.29, 1.82) is 0 Å². The van der Waals surface area contributed by atoms with Gasteiger partial charge in [-0.3, -0.25) is 4.79 Å². The Bertz CT molecular complexity index is 359. The quantitative estimate of drug-likeness (QED) is 0.597. The van der Waals surface area contributed by atoms with Crippen LogP contribution in [0, 0.1) is 5.41 Å². The Hall–Kier alpha value is -0.320. The summed E-state index contributed by atoms with van der Waals surface area (Å²) in [6.45, 7) is 9.97. The molecule has 1 aliphatic rings. The van der Waals surface area contributed by atoms with Crippen LogP contribution in [0.1, 0.15) is 60.3 Å². The SMILES string of the molecule is CCCCCC=CC(O)C1(C)OC(C(C)(C)C)SC1=O. The number of aliphatic hydroxyl groups excluding tert-OH is 1. The normalized spacial score (nSPS) is 29.3. The molecule has 1 fully saturated rings. The minimum Gasteiger partial charge on any atom is -0.385 e. The van der Waals surface area contributed by atoms with Crippen LogP contribution in [-0.4, -0.2) is 27.4 Å². The zero-order chi connectivity index (χ0) is 15.4. The maximum absolute atomic E-state index is 12.2. The smallest absolute Gasteiger partial charge is 0.226 e. The fraction of sp³-hybridized carbons (Fsp3) is 0.812. The van der Waals surface area contributed by atoms with Crippen molar-refractivity contribution >= 4 is 16.9 Å². The first-order chi connectivity index (χ1) is 9.21. The van der Waals surface area contributed by atoms with Crippen molar-refractivity contribution in [2.24, 2.45) is 5.41 Å². The maximum atomic E-state index is 12.2. The van der Waals surface area contributed by atoms with E-state index in [2.05, 4.69) is 6.92 Å². The standard InChI is InChI=1S/C16H28O3S/c1-6-7-8-9-10-11-12(17)16(5)13(18)20-14(19-16)15(2,3)4/h10-12,14,17H,6-9H2,1-5H3. The number of ether oxygens (including phenoxy) is 1. The van der Waals surface area contributed by atoms with Crippen molar-refractivity contribution in [2.75, 3.05) is 0 Å². The highest BCUT2D eigenvalue weighted by Crippen LogP contribution is 2.45. The van der Waals surface area contributed by atoms with Gasteiger partial charge in [0.15, 0.2) is 5.60 Å². The van der Waals surface area contributed by atoms with Gasteiger partial charge in [0, 0.05) is 0 Å². The summed E-state index contributed by atoms with van der Waals surface area (Å²) in [6, 6.07) is 0. The summed E-state index contributed by atoms with van der Waals surface area (Å²) < 4.78 is 5.88. The highest BCUT2D eigenvalue weighted by molar-refractivity contribution is 8.14. The lowest BCUT2D eigenvalue weighted by Gasteiger charge is -2.30. The molecule has 1 N–H and O–H groups in total. The summed E-state index contributed by atoms with van der Waals surface area (Å²) in [5.74, 6) is 0. The summed E-state index contributed by atoms with van der Waals surface area (Å²) in [5.41, 5.74) is -1.45. The van der Waals surface area contributed by atoms with Crippen molar-refractivity contribution in [3.05, 3.63) is 12.2 Å². The first-order valence-corrected chi connectivity index (χ1v) is 8.33. The van der Waals surface area contributed by atoms with E-state index < -0.39 is 11.7 Å². The monoisotopic (exact) mass is 300 g/mol. The fourth-order valence-electron chi connectivity index (χ4n) is 1.97. The Morgan fingerprint density at radius 1 is 1.45 bits per heavy atom. The third-order valence-corrected chi connectivity index (χ3v) is 5.17. The number of carbonyl (C=O) groups is 1. The number of carbonyl (C=O) groups excluding carboxylic acids is 1. The van der Waals surface area contributed by atoms with Crippen LogP contribution in [0.3, 0.4) is 0 Å². The van der Waals surface area contributed by atoms with Gasteiger partial charge in [0.2, 0.25) is 5.12 Å². The van der Waals surface area contributed by atoms with Crippen molar-refractivity contribution in [3.63, 3.8) is 0 Å². The van der Waals surface area contributed by atoms with Crippen LogP contribution in [-0.2, 0) is 9.53 Å². The van der Waals surface area contributed by atoms with Crippen LogP contribution in [0.4, 0.5) is 0 Å². The summed E-state index contributed by atoms with van der Waals surface area (Å²) in [5, 5.41) is 10.2. The van der Waals surface area contributed by atoms with Gasteiger partial charge < -0.3 is 9.84 Å². The lowest BCUT2D eigenvalue weighted by Crippen LogP contribution is -2.44. The van der Waals surface area contributed by atoms with Crippen molar-refractivity contribution < 1.29 is 14.6 Å². The predicted molar refractivity (Wildman–Crippen MR) is 84.6 cm³/mol. The molecule has 0 bridgehead atoms. The van der Waals surface area contributed by atoms with Gasteiger partial charge >= 0.3 is 0 Å². The third kappa shape index (κ3) is 4.34. The van der Waals surface area contributed by atoms with Crippen molar-refractivity contribution in [1.82, 2.24) is 0 Å². The second-order valence-corrected chi connectivity index (χ2v) is 7.73. The second-order valence-electron chi connectivity index (χ2n) is 6.70. The minimum absolute atomic E-state index is 0.0804. The average molecular weight is 300 g/mol. The van der Waals surface area contributed by atoms with E-state index in [-0.39, 0.29) is 16.0 Å². The molecule has 3 atom stereocenters. The highest BCUT2D eigenvalue weighted by atomic mass is 32.2. The molecule has 0 spiro atoms. The Morgan fingerprint density at radius 2 is 2.10 bits per heavy atom. The molecular formula is C16H28O3S. The molecule has 0 aromatic rings. The van der Waals surface area contributed by atoms with Crippen LogP contribution < -0.4 is 0 Å². The Balaban J connectivity index is 2.62. The van der Waals surface area contributed by atoms with E-state index in [1.54, 1.807) is 13.0 Å². The molecule has 1 heterocycles. The van der Waals surface area contributed by atoms with Gasteiger partial charge in [-0.2, -0.15) is 0 Å². The first-order valence-electron chi connectivity index (χ1n) is 7.45. The van der Waals surface area contributed by atoms with Crippen LogP contribution in [0.2, 0.25) is 0 Å². The molecule has 0 aromatic heterocycles. The van der Waals surface area contributed by atoms with E-state index >= 15 is 0 Å². The third-order valence-electron chi connectivity index (χ3n) is 3.54. The molecule has 3 nitrogen and oxygen atoms in total. The molecule has 4 heteroatoms. The molecular weight excluding hydrogens is 272 g/mol. The summed E-state index contributed by atoms with van der Waals surface area (Å²) in [4.78, 5) is 12.2. The first kappa shape index (κ1) is 17.7. The molecule has 1 aliphatic heterocycles. The molecule has 1 rings (SSSR count). The minimum atomic E-state index is -1.12. The number of unbranched alkanes of at least 4 members (excludes halogenated alkanes) is 3.